The van der Waals surface area contributed by atoms with Crippen LogP contribution in [-0.2, 0) is 33.2 Å². The molecule has 0 radical (unpaired) electrons. The standard InChI is InChI=1S/C15H24O7/c1-13(2)18-7-10(20-13)12-11-9(19-14(3,4)21-11)6-15(8-16,17-5)22-12/h8-12H,6-7H2,1-5H3/t9-,10-,11-,12-,15-/m1/s1. The molecule has 0 bridgehead atoms. The molecule has 3 aliphatic heterocycles. The van der Waals surface area contributed by atoms with Crippen molar-refractivity contribution in [3.8, 4) is 0 Å². The predicted octanol–water partition coefficient (Wildman–Crippen LogP) is 0.988. The molecule has 0 saturated carbocycles. The van der Waals surface area contributed by atoms with Crippen LogP contribution in [0.4, 0.5) is 0 Å². The van der Waals surface area contributed by atoms with Gasteiger partial charge in [-0.15, -0.1) is 0 Å². The van der Waals surface area contributed by atoms with Crippen molar-refractivity contribution in [3.63, 3.8) is 0 Å². The second-order valence-corrected chi connectivity index (χ2v) is 6.93. The molecule has 0 aromatic rings. The number of aldehydes is 1. The SMILES string of the molecule is CO[C@]1(C=O)C[C@H]2OC(C)(C)O[C@H]2[C@@H]([C@H]2COC(C)(C)O2)O1. The van der Waals surface area contributed by atoms with Crippen LogP contribution in [0.25, 0.3) is 0 Å². The number of hydrogen-bond acceptors (Lipinski definition) is 7. The minimum Gasteiger partial charge on any atom is -0.348 e. The van der Waals surface area contributed by atoms with Gasteiger partial charge in [-0.1, -0.05) is 0 Å². The van der Waals surface area contributed by atoms with Crippen LogP contribution >= 0.6 is 0 Å². The van der Waals surface area contributed by atoms with Gasteiger partial charge in [0.15, 0.2) is 17.9 Å². The Balaban J connectivity index is 1.87. The van der Waals surface area contributed by atoms with Crippen LogP contribution in [0.3, 0.4) is 0 Å². The highest BCUT2D eigenvalue weighted by Gasteiger charge is 2.58. The summed E-state index contributed by atoms with van der Waals surface area (Å²) in [6.45, 7) is 7.73. The zero-order valence-electron chi connectivity index (χ0n) is 13.7. The first-order chi connectivity index (χ1) is 10.2. The third kappa shape index (κ3) is 2.81. The van der Waals surface area contributed by atoms with E-state index in [2.05, 4.69) is 0 Å². The number of carbonyl (C=O) groups excluding carboxylic acids is 1. The van der Waals surface area contributed by atoms with Gasteiger partial charge < -0.3 is 28.4 Å². The maximum absolute atomic E-state index is 11.5. The third-order valence-corrected chi connectivity index (χ3v) is 4.29. The summed E-state index contributed by atoms with van der Waals surface area (Å²) < 4.78 is 34.7. The monoisotopic (exact) mass is 316 g/mol. The maximum atomic E-state index is 11.5. The zero-order valence-corrected chi connectivity index (χ0v) is 13.7. The van der Waals surface area contributed by atoms with Crippen molar-refractivity contribution >= 4 is 6.29 Å². The van der Waals surface area contributed by atoms with Crippen LogP contribution in [0.1, 0.15) is 34.1 Å². The molecule has 0 aliphatic carbocycles. The van der Waals surface area contributed by atoms with E-state index in [1.165, 1.54) is 7.11 Å². The van der Waals surface area contributed by atoms with Gasteiger partial charge in [-0.3, -0.25) is 4.79 Å². The smallest absolute Gasteiger partial charge is 0.228 e. The minimum absolute atomic E-state index is 0.286. The number of ether oxygens (including phenoxy) is 6. The molecule has 3 aliphatic rings. The number of carbonyl (C=O) groups is 1. The van der Waals surface area contributed by atoms with Crippen molar-refractivity contribution < 1.29 is 33.2 Å². The molecule has 126 valence electrons. The normalized spacial score (nSPS) is 46.4. The minimum atomic E-state index is -1.34. The summed E-state index contributed by atoms with van der Waals surface area (Å²) in [5, 5.41) is 0. The molecule has 0 unspecified atom stereocenters. The summed E-state index contributed by atoms with van der Waals surface area (Å²) >= 11 is 0. The second kappa shape index (κ2) is 5.22. The van der Waals surface area contributed by atoms with E-state index in [1.54, 1.807) is 0 Å². The fraction of sp³-hybridized carbons (Fsp3) is 0.933. The van der Waals surface area contributed by atoms with Crippen LogP contribution < -0.4 is 0 Å². The summed E-state index contributed by atoms with van der Waals surface area (Å²) in [4.78, 5) is 11.5. The number of hydrogen-bond donors (Lipinski definition) is 0. The van der Waals surface area contributed by atoms with E-state index in [9.17, 15) is 4.79 Å². The zero-order chi connectivity index (χ0) is 16.2. The van der Waals surface area contributed by atoms with Gasteiger partial charge >= 0.3 is 0 Å². The number of fused-ring (bicyclic) bond motifs is 1. The Morgan fingerprint density at radius 3 is 2.14 bits per heavy atom. The van der Waals surface area contributed by atoms with Crippen molar-refractivity contribution in [1.29, 1.82) is 0 Å². The Labute approximate surface area is 130 Å². The lowest BCUT2D eigenvalue weighted by atomic mass is 9.93. The van der Waals surface area contributed by atoms with Gasteiger partial charge in [0, 0.05) is 13.5 Å². The fourth-order valence-corrected chi connectivity index (χ4v) is 3.35. The molecular weight excluding hydrogens is 292 g/mol. The van der Waals surface area contributed by atoms with E-state index < -0.39 is 23.5 Å². The van der Waals surface area contributed by atoms with E-state index in [0.717, 1.165) is 0 Å². The van der Waals surface area contributed by atoms with E-state index >= 15 is 0 Å². The Morgan fingerprint density at radius 2 is 1.59 bits per heavy atom. The Bertz CT molecular complexity index is 449. The first-order valence-corrected chi connectivity index (χ1v) is 7.56. The van der Waals surface area contributed by atoms with Crippen LogP contribution in [0.2, 0.25) is 0 Å². The predicted molar refractivity (Wildman–Crippen MR) is 74.0 cm³/mol. The topological polar surface area (TPSA) is 72.5 Å². The molecule has 7 heteroatoms. The van der Waals surface area contributed by atoms with Crippen molar-refractivity contribution in [3.05, 3.63) is 0 Å². The lowest BCUT2D eigenvalue weighted by Crippen LogP contribution is -2.59. The molecule has 0 amide bonds. The average molecular weight is 316 g/mol. The summed E-state index contributed by atoms with van der Waals surface area (Å²) in [6.07, 6.45) is -0.533. The molecule has 3 heterocycles. The molecule has 5 atom stereocenters. The van der Waals surface area contributed by atoms with Crippen molar-refractivity contribution in [1.82, 2.24) is 0 Å². The van der Waals surface area contributed by atoms with Crippen molar-refractivity contribution in [2.45, 2.75) is 75.9 Å². The highest BCUT2D eigenvalue weighted by Crippen LogP contribution is 2.43. The molecule has 7 nitrogen and oxygen atoms in total. The lowest BCUT2D eigenvalue weighted by Gasteiger charge is -2.42. The molecule has 22 heavy (non-hydrogen) atoms. The first kappa shape index (κ1) is 16.3. The molecule has 0 spiro atoms. The van der Waals surface area contributed by atoms with E-state index in [0.29, 0.717) is 12.9 Å². The quantitative estimate of drug-likeness (QED) is 0.719. The van der Waals surface area contributed by atoms with Gasteiger partial charge in [0.2, 0.25) is 5.79 Å². The summed E-state index contributed by atoms with van der Waals surface area (Å²) in [6, 6.07) is 0. The van der Waals surface area contributed by atoms with E-state index in [1.807, 2.05) is 27.7 Å². The second-order valence-electron chi connectivity index (χ2n) is 6.93. The van der Waals surface area contributed by atoms with Crippen molar-refractivity contribution in [2.24, 2.45) is 0 Å². The Kier molecular flexibility index (Phi) is 3.87. The van der Waals surface area contributed by atoms with Crippen LogP contribution in [0.15, 0.2) is 0 Å². The summed E-state index contributed by atoms with van der Waals surface area (Å²) in [5.41, 5.74) is 0. The average Bonchev–Trinajstić information content (AvgIpc) is 2.95. The van der Waals surface area contributed by atoms with Crippen LogP contribution in [0, 0.1) is 0 Å². The molecule has 3 fully saturated rings. The Morgan fingerprint density at radius 1 is 0.955 bits per heavy atom. The van der Waals surface area contributed by atoms with Gasteiger partial charge in [-0.05, 0) is 27.7 Å². The van der Waals surface area contributed by atoms with Crippen LogP contribution in [-0.4, -0.2) is 61.8 Å². The van der Waals surface area contributed by atoms with E-state index in [-0.39, 0.29) is 24.7 Å². The molecule has 3 saturated heterocycles. The number of rotatable bonds is 3. The van der Waals surface area contributed by atoms with Crippen molar-refractivity contribution in [2.75, 3.05) is 13.7 Å². The molecule has 3 rings (SSSR count). The fourth-order valence-electron chi connectivity index (χ4n) is 3.35. The molecular formula is C15H24O7. The maximum Gasteiger partial charge on any atom is 0.228 e. The molecule has 0 aromatic heterocycles. The highest BCUT2D eigenvalue weighted by atomic mass is 16.8. The lowest BCUT2D eigenvalue weighted by molar-refractivity contribution is -0.292. The van der Waals surface area contributed by atoms with Gasteiger partial charge in [0.25, 0.3) is 0 Å². The van der Waals surface area contributed by atoms with Gasteiger partial charge in [0.1, 0.15) is 18.3 Å². The summed E-state index contributed by atoms with van der Waals surface area (Å²) in [5.74, 6) is -2.77. The van der Waals surface area contributed by atoms with Gasteiger partial charge in [-0.2, -0.15) is 0 Å². The van der Waals surface area contributed by atoms with E-state index in [4.69, 9.17) is 28.4 Å². The van der Waals surface area contributed by atoms with Gasteiger partial charge in [-0.25, -0.2) is 0 Å². The molecule has 0 aromatic carbocycles. The molecule has 0 N–H and O–H groups in total. The largest absolute Gasteiger partial charge is 0.348 e. The highest BCUT2D eigenvalue weighted by molar-refractivity contribution is 5.60. The first-order valence-electron chi connectivity index (χ1n) is 7.56. The Hall–Kier alpha value is -0.570. The summed E-state index contributed by atoms with van der Waals surface area (Å²) in [7, 11) is 1.45. The number of methoxy groups -OCH3 is 1. The van der Waals surface area contributed by atoms with Crippen LogP contribution in [0.5, 0.6) is 0 Å². The van der Waals surface area contributed by atoms with Gasteiger partial charge in [0.05, 0.1) is 12.7 Å². The third-order valence-electron chi connectivity index (χ3n) is 4.29.